The van der Waals surface area contributed by atoms with Gasteiger partial charge in [-0.15, -0.1) is 5.10 Å². The van der Waals surface area contributed by atoms with E-state index in [1.807, 2.05) is 20.8 Å². The first-order chi connectivity index (χ1) is 12.0. The van der Waals surface area contributed by atoms with Gasteiger partial charge < -0.3 is 9.64 Å². The molecule has 0 N–H and O–H groups in total. The van der Waals surface area contributed by atoms with Crippen molar-refractivity contribution < 1.29 is 4.74 Å². The molecule has 0 bridgehead atoms. The summed E-state index contributed by atoms with van der Waals surface area (Å²) in [6, 6.07) is 0. The molecule has 25 heavy (non-hydrogen) atoms. The Kier molecular flexibility index (Phi) is 4.03. The van der Waals surface area contributed by atoms with Crippen LogP contribution in [0.4, 0.5) is 5.82 Å². The van der Waals surface area contributed by atoms with Crippen LogP contribution in [0.15, 0.2) is 17.0 Å². The monoisotopic (exact) mass is 403 g/mol. The third kappa shape index (κ3) is 3.04. The van der Waals surface area contributed by atoms with Gasteiger partial charge in [-0.05, 0) is 36.7 Å². The van der Waals surface area contributed by atoms with Crippen molar-refractivity contribution in [2.45, 2.75) is 33.3 Å². The van der Waals surface area contributed by atoms with E-state index in [2.05, 4.69) is 45.9 Å². The Hall–Kier alpha value is -2.29. The minimum Gasteiger partial charge on any atom is -0.485 e. The van der Waals surface area contributed by atoms with Crippen LogP contribution in [-0.4, -0.2) is 48.7 Å². The zero-order chi connectivity index (χ0) is 17.6. The lowest BCUT2D eigenvalue weighted by molar-refractivity contribution is 0.219. The van der Waals surface area contributed by atoms with Crippen molar-refractivity contribution in [1.29, 1.82) is 0 Å². The van der Waals surface area contributed by atoms with E-state index in [0.717, 1.165) is 47.1 Å². The number of fused-ring (bicyclic) bond motifs is 1. The fraction of sp³-hybridized carbons (Fsp3) is 0.438. The molecule has 0 spiro atoms. The normalized spacial score (nSPS) is 17.4. The van der Waals surface area contributed by atoms with Gasteiger partial charge in [-0.2, -0.15) is 9.50 Å². The summed E-state index contributed by atoms with van der Waals surface area (Å²) in [5.41, 5.74) is 1.75. The number of anilines is 1. The highest BCUT2D eigenvalue weighted by Gasteiger charge is 2.27. The predicted octanol–water partition coefficient (Wildman–Crippen LogP) is 2.26. The SMILES string of the molecule is Cc1nc2nc(C)c(OC3CCN(c4cnc(Br)cn4)C3)c(C)n2n1. The summed E-state index contributed by atoms with van der Waals surface area (Å²) in [7, 11) is 0. The van der Waals surface area contributed by atoms with Gasteiger partial charge in [0, 0.05) is 13.0 Å². The molecule has 0 saturated carbocycles. The average molecular weight is 404 g/mol. The van der Waals surface area contributed by atoms with Crippen molar-refractivity contribution in [3.8, 4) is 5.75 Å². The van der Waals surface area contributed by atoms with Crippen LogP contribution in [0, 0.1) is 20.8 Å². The molecule has 1 atom stereocenters. The van der Waals surface area contributed by atoms with Crippen molar-refractivity contribution in [3.05, 3.63) is 34.2 Å². The van der Waals surface area contributed by atoms with E-state index in [1.54, 1.807) is 16.9 Å². The highest BCUT2D eigenvalue weighted by Crippen LogP contribution is 2.27. The van der Waals surface area contributed by atoms with Gasteiger partial charge in [-0.3, -0.25) is 0 Å². The van der Waals surface area contributed by atoms with Crippen LogP contribution in [0.3, 0.4) is 0 Å². The quantitative estimate of drug-likeness (QED) is 0.662. The molecule has 1 aliphatic heterocycles. The fourth-order valence-corrected chi connectivity index (χ4v) is 3.30. The Bertz CT molecular complexity index is 924. The summed E-state index contributed by atoms with van der Waals surface area (Å²) < 4.78 is 8.75. The topological polar surface area (TPSA) is 81.3 Å². The summed E-state index contributed by atoms with van der Waals surface area (Å²) in [4.78, 5) is 19.7. The molecule has 9 heteroatoms. The van der Waals surface area contributed by atoms with E-state index in [1.165, 1.54) is 0 Å². The van der Waals surface area contributed by atoms with Crippen molar-refractivity contribution in [1.82, 2.24) is 29.5 Å². The molecular formula is C16H18BrN7O. The number of nitrogens with zero attached hydrogens (tertiary/aromatic N) is 7. The number of hydrogen-bond acceptors (Lipinski definition) is 7. The standard InChI is InChI=1S/C16H18BrN7O/c1-9-15(10(2)24-16(20-9)21-11(3)22-24)25-12-4-5-23(8-12)14-7-18-13(17)6-19-14/h6-7,12H,4-5,8H2,1-3H3. The molecule has 3 aromatic heterocycles. The molecule has 130 valence electrons. The minimum absolute atomic E-state index is 0.0757. The number of hydrogen-bond donors (Lipinski definition) is 0. The summed E-state index contributed by atoms with van der Waals surface area (Å²) in [6.07, 6.45) is 4.48. The molecule has 4 heterocycles. The Morgan fingerprint density at radius 3 is 2.76 bits per heavy atom. The Labute approximate surface area is 153 Å². The van der Waals surface area contributed by atoms with E-state index < -0.39 is 0 Å². The van der Waals surface area contributed by atoms with Gasteiger partial charge in [0.2, 0.25) is 0 Å². The average Bonchev–Trinajstić information content (AvgIpc) is 3.18. The van der Waals surface area contributed by atoms with E-state index in [0.29, 0.717) is 11.6 Å². The number of halogens is 1. The highest BCUT2D eigenvalue weighted by molar-refractivity contribution is 9.10. The van der Waals surface area contributed by atoms with Crippen molar-refractivity contribution in [3.63, 3.8) is 0 Å². The first kappa shape index (κ1) is 16.2. The largest absolute Gasteiger partial charge is 0.485 e. The van der Waals surface area contributed by atoms with Crippen LogP contribution in [0.1, 0.15) is 23.6 Å². The molecule has 4 rings (SSSR count). The van der Waals surface area contributed by atoms with Gasteiger partial charge in [0.15, 0.2) is 5.75 Å². The number of aryl methyl sites for hydroxylation is 3. The molecule has 1 fully saturated rings. The van der Waals surface area contributed by atoms with Crippen molar-refractivity contribution in [2.24, 2.45) is 0 Å². The smallest absolute Gasteiger partial charge is 0.253 e. The van der Waals surface area contributed by atoms with Crippen LogP contribution >= 0.6 is 15.9 Å². The van der Waals surface area contributed by atoms with E-state index in [4.69, 9.17) is 4.74 Å². The van der Waals surface area contributed by atoms with Crippen molar-refractivity contribution in [2.75, 3.05) is 18.0 Å². The van der Waals surface area contributed by atoms with Crippen LogP contribution in [0.25, 0.3) is 5.78 Å². The zero-order valence-corrected chi connectivity index (χ0v) is 15.9. The maximum absolute atomic E-state index is 6.28. The molecule has 0 radical (unpaired) electrons. The third-order valence-electron chi connectivity index (χ3n) is 4.30. The molecule has 3 aromatic rings. The molecule has 1 aliphatic rings. The van der Waals surface area contributed by atoms with Crippen LogP contribution in [0.5, 0.6) is 5.75 Å². The van der Waals surface area contributed by atoms with Gasteiger partial charge in [0.1, 0.15) is 22.3 Å². The van der Waals surface area contributed by atoms with Crippen LogP contribution < -0.4 is 9.64 Å². The van der Waals surface area contributed by atoms with Crippen LogP contribution in [0.2, 0.25) is 0 Å². The van der Waals surface area contributed by atoms with Gasteiger partial charge in [0.05, 0.1) is 30.3 Å². The fourth-order valence-electron chi connectivity index (χ4n) is 3.10. The van der Waals surface area contributed by atoms with E-state index >= 15 is 0 Å². The van der Waals surface area contributed by atoms with E-state index in [-0.39, 0.29) is 6.10 Å². The lowest BCUT2D eigenvalue weighted by Gasteiger charge is -2.19. The molecule has 0 aromatic carbocycles. The second kappa shape index (κ2) is 6.21. The number of ether oxygens (including phenoxy) is 1. The Morgan fingerprint density at radius 2 is 2.00 bits per heavy atom. The molecule has 1 unspecified atom stereocenters. The Morgan fingerprint density at radius 1 is 1.16 bits per heavy atom. The molecule has 0 amide bonds. The zero-order valence-electron chi connectivity index (χ0n) is 14.3. The minimum atomic E-state index is 0.0757. The van der Waals surface area contributed by atoms with Crippen LogP contribution in [-0.2, 0) is 0 Å². The van der Waals surface area contributed by atoms with Gasteiger partial charge >= 0.3 is 0 Å². The van der Waals surface area contributed by atoms with Gasteiger partial charge in [-0.25, -0.2) is 15.0 Å². The molecular weight excluding hydrogens is 386 g/mol. The predicted molar refractivity (Wildman–Crippen MR) is 96.0 cm³/mol. The lowest BCUT2D eigenvalue weighted by Crippen LogP contribution is -2.26. The summed E-state index contributed by atoms with van der Waals surface area (Å²) in [5.74, 6) is 2.96. The first-order valence-corrected chi connectivity index (χ1v) is 8.90. The maximum atomic E-state index is 6.28. The second-order valence-corrected chi connectivity index (χ2v) is 6.97. The highest BCUT2D eigenvalue weighted by atomic mass is 79.9. The Balaban J connectivity index is 1.55. The lowest BCUT2D eigenvalue weighted by atomic mass is 10.3. The number of aromatic nitrogens is 6. The third-order valence-corrected chi connectivity index (χ3v) is 4.71. The second-order valence-electron chi connectivity index (χ2n) is 6.15. The first-order valence-electron chi connectivity index (χ1n) is 8.11. The number of rotatable bonds is 3. The summed E-state index contributed by atoms with van der Waals surface area (Å²) in [6.45, 7) is 7.44. The van der Waals surface area contributed by atoms with Crippen molar-refractivity contribution >= 4 is 27.5 Å². The molecule has 1 saturated heterocycles. The van der Waals surface area contributed by atoms with E-state index in [9.17, 15) is 0 Å². The molecule has 8 nitrogen and oxygen atoms in total. The maximum Gasteiger partial charge on any atom is 0.253 e. The van der Waals surface area contributed by atoms with Gasteiger partial charge in [-0.1, -0.05) is 0 Å². The molecule has 0 aliphatic carbocycles. The summed E-state index contributed by atoms with van der Waals surface area (Å²) in [5, 5.41) is 4.39. The van der Waals surface area contributed by atoms with Gasteiger partial charge in [0.25, 0.3) is 5.78 Å². The summed E-state index contributed by atoms with van der Waals surface area (Å²) >= 11 is 3.31.